The van der Waals surface area contributed by atoms with Crippen molar-refractivity contribution in [2.45, 2.75) is 65.0 Å². The van der Waals surface area contributed by atoms with Crippen molar-refractivity contribution in [3.63, 3.8) is 0 Å². The van der Waals surface area contributed by atoms with Crippen LogP contribution in [0.5, 0.6) is 5.75 Å². The van der Waals surface area contributed by atoms with Gasteiger partial charge in [-0.05, 0) is 69.0 Å². The number of esters is 1. The highest BCUT2D eigenvalue weighted by Crippen LogP contribution is 2.38. The third-order valence-corrected chi connectivity index (χ3v) is 8.04. The Balaban J connectivity index is 1.30. The lowest BCUT2D eigenvalue weighted by atomic mass is 9.92. The number of anilines is 1. The number of aromatic nitrogens is 1. The number of carbonyl (C=O) groups is 2. The molecular formula is C33H38F3N3O5. The molecule has 3 aromatic rings. The molecule has 8 nitrogen and oxygen atoms in total. The minimum Gasteiger partial charge on any atom is -0.494 e. The lowest BCUT2D eigenvalue weighted by Crippen LogP contribution is -2.52. The van der Waals surface area contributed by atoms with Gasteiger partial charge in [0.15, 0.2) is 11.8 Å². The molecule has 2 saturated heterocycles. The van der Waals surface area contributed by atoms with E-state index in [2.05, 4.69) is 4.98 Å². The number of aryl methyl sites for hydroxylation is 2. The normalized spacial score (nSPS) is 19.2. The molecule has 0 unspecified atom stereocenters. The minimum absolute atomic E-state index is 0.000872. The monoisotopic (exact) mass is 613 g/mol. The van der Waals surface area contributed by atoms with Gasteiger partial charge in [-0.1, -0.05) is 23.8 Å². The van der Waals surface area contributed by atoms with Gasteiger partial charge in [-0.2, -0.15) is 13.2 Å². The van der Waals surface area contributed by atoms with Crippen LogP contribution >= 0.6 is 0 Å². The van der Waals surface area contributed by atoms with Crippen LogP contribution in [0.25, 0.3) is 10.9 Å². The van der Waals surface area contributed by atoms with E-state index in [-0.39, 0.29) is 43.3 Å². The van der Waals surface area contributed by atoms with Gasteiger partial charge in [0.25, 0.3) is 0 Å². The Hall–Kier alpha value is -3.86. The number of cyclic esters (lactones) is 1. The summed E-state index contributed by atoms with van der Waals surface area (Å²) in [6.07, 6.45) is -4.00. The number of alkyl halides is 3. The molecule has 2 atom stereocenters. The molecule has 5 rings (SSSR count). The number of amides is 1. The highest BCUT2D eigenvalue weighted by Gasteiger charge is 2.48. The number of hydrogen-bond donors (Lipinski definition) is 0. The van der Waals surface area contributed by atoms with Crippen LogP contribution in [0, 0.1) is 12.8 Å². The van der Waals surface area contributed by atoms with Crippen molar-refractivity contribution < 1.29 is 37.0 Å². The minimum atomic E-state index is -4.64. The number of benzene rings is 2. The number of nitrogens with zero attached hydrogens (tertiary/aromatic N) is 3. The van der Waals surface area contributed by atoms with Gasteiger partial charge in [0.05, 0.1) is 23.7 Å². The molecule has 44 heavy (non-hydrogen) atoms. The largest absolute Gasteiger partial charge is 0.494 e. The van der Waals surface area contributed by atoms with Crippen LogP contribution < -0.4 is 9.64 Å². The Morgan fingerprint density at radius 3 is 2.41 bits per heavy atom. The van der Waals surface area contributed by atoms with E-state index in [1.807, 2.05) is 44.2 Å². The molecule has 0 N–H and O–H groups in total. The third-order valence-electron chi connectivity index (χ3n) is 8.04. The van der Waals surface area contributed by atoms with E-state index < -0.39 is 35.6 Å². The zero-order valence-electron chi connectivity index (χ0n) is 25.4. The smallest absolute Gasteiger partial charge is 0.435 e. The van der Waals surface area contributed by atoms with E-state index in [0.29, 0.717) is 31.3 Å². The molecule has 0 bridgehead atoms. The summed E-state index contributed by atoms with van der Waals surface area (Å²) in [5, 5.41) is 0.624. The van der Waals surface area contributed by atoms with Crippen molar-refractivity contribution >= 4 is 28.5 Å². The highest BCUT2D eigenvalue weighted by atomic mass is 19.4. The summed E-state index contributed by atoms with van der Waals surface area (Å²) < 4.78 is 59.0. The van der Waals surface area contributed by atoms with Gasteiger partial charge in [0.1, 0.15) is 5.75 Å². The molecule has 1 aromatic heterocycles. The van der Waals surface area contributed by atoms with E-state index in [4.69, 9.17) is 14.2 Å². The molecule has 0 saturated carbocycles. The maximum Gasteiger partial charge on any atom is 0.435 e. The Bertz CT molecular complexity index is 1500. The summed E-state index contributed by atoms with van der Waals surface area (Å²) in [4.78, 5) is 33.9. The molecule has 3 heterocycles. The summed E-state index contributed by atoms with van der Waals surface area (Å²) in [5.74, 6) is -2.00. The fourth-order valence-electron chi connectivity index (χ4n) is 5.91. The zero-order chi connectivity index (χ0) is 31.6. The van der Waals surface area contributed by atoms with Crippen molar-refractivity contribution in [1.82, 2.24) is 9.88 Å². The molecule has 2 aliphatic rings. The number of halogens is 3. The maximum absolute atomic E-state index is 14.1. The summed E-state index contributed by atoms with van der Waals surface area (Å²) in [6, 6.07) is 14.4. The second-order valence-corrected chi connectivity index (χ2v) is 11.8. The third kappa shape index (κ3) is 7.09. The van der Waals surface area contributed by atoms with E-state index in [1.165, 1.54) is 6.07 Å². The predicted molar refractivity (Wildman–Crippen MR) is 159 cm³/mol. The average molecular weight is 614 g/mol. The van der Waals surface area contributed by atoms with Gasteiger partial charge >= 0.3 is 12.1 Å². The maximum atomic E-state index is 14.1. The highest BCUT2D eigenvalue weighted by molar-refractivity contribution is 5.88. The van der Waals surface area contributed by atoms with E-state index in [9.17, 15) is 22.8 Å². The predicted octanol–water partition coefficient (Wildman–Crippen LogP) is 5.93. The molecule has 0 spiro atoms. The first-order valence-electron chi connectivity index (χ1n) is 15.0. The van der Waals surface area contributed by atoms with Crippen molar-refractivity contribution in [2.24, 2.45) is 5.92 Å². The van der Waals surface area contributed by atoms with Crippen LogP contribution in [0.3, 0.4) is 0 Å². The standard InChI is InChI=1S/C33H38F3N3O5/c1-5-42-24-12-10-22(11-13-24)7-6-8-25(28-31(41)44-32(3,4)43-28)30(40)39-17-15-38(16-18-39)27-20-23-19-21(2)9-14-26(23)37-29(27)33(34,35)36/h9-14,19-20,25,28H,5-8,15-18H2,1-4H3/t25-,28+/m1/s1. The quantitative estimate of drug-likeness (QED) is 0.277. The molecule has 2 aromatic carbocycles. The van der Waals surface area contributed by atoms with Gasteiger partial charge in [0, 0.05) is 45.4 Å². The molecule has 236 valence electrons. The zero-order valence-corrected chi connectivity index (χ0v) is 25.4. The van der Waals surface area contributed by atoms with Crippen LogP contribution in [-0.2, 0) is 31.7 Å². The van der Waals surface area contributed by atoms with Crippen molar-refractivity contribution in [3.8, 4) is 5.75 Å². The number of hydrogen-bond acceptors (Lipinski definition) is 7. The van der Waals surface area contributed by atoms with Gasteiger partial charge in [-0.3, -0.25) is 4.79 Å². The Kier molecular flexibility index (Phi) is 9.06. The van der Waals surface area contributed by atoms with Crippen molar-refractivity contribution in [1.29, 1.82) is 0 Å². The number of ether oxygens (including phenoxy) is 3. The molecular weight excluding hydrogens is 575 g/mol. The second-order valence-electron chi connectivity index (χ2n) is 11.8. The summed E-state index contributed by atoms with van der Waals surface area (Å²) >= 11 is 0. The molecule has 0 radical (unpaired) electrons. The number of carbonyl (C=O) groups excluding carboxylic acids is 2. The lowest BCUT2D eigenvalue weighted by molar-refractivity contribution is -0.163. The second kappa shape index (κ2) is 12.6. The van der Waals surface area contributed by atoms with Gasteiger partial charge in [0.2, 0.25) is 11.7 Å². The summed E-state index contributed by atoms with van der Waals surface area (Å²) in [7, 11) is 0. The first-order chi connectivity index (χ1) is 20.8. The number of piperazine rings is 1. The number of fused-ring (bicyclic) bond motifs is 1. The van der Waals surface area contributed by atoms with Gasteiger partial charge in [-0.25, -0.2) is 9.78 Å². The molecule has 0 aliphatic carbocycles. The fraction of sp³-hybridized carbons (Fsp3) is 0.485. The van der Waals surface area contributed by atoms with Crippen molar-refractivity contribution in [3.05, 3.63) is 65.4 Å². The Morgan fingerprint density at radius 1 is 1.09 bits per heavy atom. The summed E-state index contributed by atoms with van der Waals surface area (Å²) in [5.41, 5.74) is 1.33. The van der Waals surface area contributed by atoms with Crippen LogP contribution in [-0.4, -0.2) is 66.4 Å². The Labute approximate surface area is 255 Å². The SMILES string of the molecule is CCOc1ccc(CCC[C@@H](C(=O)N2CCN(c3cc4cc(C)ccc4nc3C(F)(F)F)CC2)[C@@H]2OC(C)(C)OC2=O)cc1. The molecule has 11 heteroatoms. The first-order valence-corrected chi connectivity index (χ1v) is 15.0. The van der Waals surface area contributed by atoms with E-state index in [0.717, 1.165) is 16.9 Å². The van der Waals surface area contributed by atoms with Crippen LogP contribution in [0.4, 0.5) is 18.9 Å². The molecule has 2 aliphatic heterocycles. The number of rotatable bonds is 9. The van der Waals surface area contributed by atoms with Crippen LogP contribution in [0.1, 0.15) is 50.4 Å². The molecule has 2 fully saturated rings. The van der Waals surface area contributed by atoms with Gasteiger partial charge in [-0.15, -0.1) is 0 Å². The topological polar surface area (TPSA) is 81.2 Å². The Morgan fingerprint density at radius 2 is 1.80 bits per heavy atom. The summed E-state index contributed by atoms with van der Waals surface area (Å²) in [6.45, 7) is 8.40. The first kappa shape index (κ1) is 31.6. The van der Waals surface area contributed by atoms with Gasteiger partial charge < -0.3 is 24.0 Å². The lowest BCUT2D eigenvalue weighted by Gasteiger charge is -2.38. The van der Waals surface area contributed by atoms with E-state index >= 15 is 0 Å². The average Bonchev–Trinajstić information content (AvgIpc) is 3.26. The fourth-order valence-corrected chi connectivity index (χ4v) is 5.91. The van der Waals surface area contributed by atoms with Crippen molar-refractivity contribution in [2.75, 3.05) is 37.7 Å². The van der Waals surface area contributed by atoms with Crippen LogP contribution in [0.2, 0.25) is 0 Å². The van der Waals surface area contributed by atoms with Crippen LogP contribution in [0.15, 0.2) is 48.5 Å². The van der Waals surface area contributed by atoms with E-state index in [1.54, 1.807) is 35.8 Å². The molecule has 1 amide bonds. The number of pyridine rings is 1.